The fourth-order valence-electron chi connectivity index (χ4n) is 1.02. The summed E-state index contributed by atoms with van der Waals surface area (Å²) in [5.74, 6) is 0.440. The van der Waals surface area contributed by atoms with Gasteiger partial charge in [0.2, 0.25) is 0 Å². The second-order valence-electron chi connectivity index (χ2n) is 3.20. The predicted octanol–water partition coefficient (Wildman–Crippen LogP) is 0.671. The van der Waals surface area contributed by atoms with Gasteiger partial charge in [0.05, 0.1) is 5.56 Å². The molecule has 0 aliphatic heterocycles. The predicted molar refractivity (Wildman–Crippen MR) is 53.7 cm³/mol. The number of carbonyl (C=O) groups excluding carboxylic acids is 1. The smallest absolute Gasteiger partial charge is 0.254 e. The number of carbonyl (C=O) groups is 1. The van der Waals surface area contributed by atoms with Gasteiger partial charge in [-0.1, -0.05) is 13.8 Å². The number of nitrogens with zero attached hydrogens (tertiary/aromatic N) is 2. The Morgan fingerprint density at radius 1 is 1.64 bits per heavy atom. The summed E-state index contributed by atoms with van der Waals surface area (Å²) in [6.07, 6.45) is 2.31. The van der Waals surface area contributed by atoms with Crippen LogP contribution in [0.5, 0.6) is 0 Å². The molecule has 76 valence electrons. The lowest BCUT2D eigenvalue weighted by atomic mass is 10.1. The second kappa shape index (κ2) is 4.04. The summed E-state index contributed by atoms with van der Waals surface area (Å²) in [7, 11) is 0. The van der Waals surface area contributed by atoms with Gasteiger partial charge in [-0.3, -0.25) is 4.79 Å². The molecular weight excluding hydrogens is 180 g/mol. The third kappa shape index (κ3) is 1.99. The molecule has 14 heavy (non-hydrogen) atoms. The molecule has 5 heteroatoms. The van der Waals surface area contributed by atoms with E-state index in [1.807, 2.05) is 13.8 Å². The Bertz CT molecular complexity index is 351. The van der Waals surface area contributed by atoms with Crippen molar-refractivity contribution >= 4 is 11.7 Å². The van der Waals surface area contributed by atoms with Gasteiger partial charge in [-0.25, -0.2) is 9.97 Å². The highest BCUT2D eigenvalue weighted by Gasteiger charge is 2.11. The van der Waals surface area contributed by atoms with Gasteiger partial charge in [-0.2, -0.15) is 0 Å². The van der Waals surface area contributed by atoms with E-state index in [1.165, 1.54) is 6.20 Å². The molecule has 1 amide bonds. The molecule has 0 saturated carbocycles. The first-order valence-corrected chi connectivity index (χ1v) is 4.48. The molecule has 0 aliphatic carbocycles. The number of primary amides is 1. The van der Waals surface area contributed by atoms with Gasteiger partial charge >= 0.3 is 0 Å². The summed E-state index contributed by atoms with van der Waals surface area (Å²) in [5, 5.41) is 0. The van der Waals surface area contributed by atoms with Crippen molar-refractivity contribution in [3.63, 3.8) is 0 Å². The minimum Gasteiger partial charge on any atom is -0.383 e. The van der Waals surface area contributed by atoms with Gasteiger partial charge in [0.15, 0.2) is 0 Å². The zero-order valence-corrected chi connectivity index (χ0v) is 8.32. The van der Waals surface area contributed by atoms with Crippen molar-refractivity contribution < 1.29 is 4.79 Å². The van der Waals surface area contributed by atoms with Gasteiger partial charge in [0, 0.05) is 12.1 Å². The van der Waals surface area contributed by atoms with Crippen LogP contribution in [-0.4, -0.2) is 15.9 Å². The molecule has 1 rings (SSSR count). The van der Waals surface area contributed by atoms with Crippen LogP contribution in [0.3, 0.4) is 0 Å². The molecule has 1 heterocycles. The Labute approximate surface area is 82.5 Å². The van der Waals surface area contributed by atoms with Crippen LogP contribution in [0.25, 0.3) is 0 Å². The van der Waals surface area contributed by atoms with E-state index in [0.717, 1.165) is 6.42 Å². The fourth-order valence-corrected chi connectivity index (χ4v) is 1.02. The first kappa shape index (κ1) is 10.4. The average Bonchev–Trinajstić information content (AvgIpc) is 2.15. The third-order valence-electron chi connectivity index (χ3n) is 2.16. The maximum atomic E-state index is 10.8. The van der Waals surface area contributed by atoms with Crippen molar-refractivity contribution in [1.29, 1.82) is 0 Å². The van der Waals surface area contributed by atoms with Crippen LogP contribution in [0.4, 0.5) is 5.82 Å². The first-order valence-electron chi connectivity index (χ1n) is 4.48. The summed E-state index contributed by atoms with van der Waals surface area (Å²) in [6.45, 7) is 4.03. The first-order chi connectivity index (χ1) is 6.56. The quantitative estimate of drug-likeness (QED) is 0.739. The highest BCUT2D eigenvalue weighted by atomic mass is 16.1. The minimum atomic E-state index is -0.599. The largest absolute Gasteiger partial charge is 0.383 e. The molecule has 0 aromatic carbocycles. The molecule has 1 atom stereocenters. The number of hydrogen-bond acceptors (Lipinski definition) is 4. The lowest BCUT2D eigenvalue weighted by Crippen LogP contribution is -2.16. The van der Waals surface area contributed by atoms with Crippen LogP contribution in [0.1, 0.15) is 42.4 Å². The minimum absolute atomic E-state index is 0.155. The summed E-state index contributed by atoms with van der Waals surface area (Å²) >= 11 is 0. The van der Waals surface area contributed by atoms with Gasteiger partial charge in [0.25, 0.3) is 5.91 Å². The molecule has 0 aliphatic rings. The lowest BCUT2D eigenvalue weighted by Gasteiger charge is -2.08. The number of aromatic nitrogens is 2. The number of anilines is 1. The van der Waals surface area contributed by atoms with E-state index in [2.05, 4.69) is 9.97 Å². The van der Waals surface area contributed by atoms with E-state index < -0.39 is 5.91 Å². The van der Waals surface area contributed by atoms with Gasteiger partial charge in [0.1, 0.15) is 11.6 Å². The van der Waals surface area contributed by atoms with E-state index in [1.54, 1.807) is 0 Å². The van der Waals surface area contributed by atoms with Crippen molar-refractivity contribution in [3.05, 3.63) is 17.6 Å². The number of hydrogen-bond donors (Lipinski definition) is 2. The Morgan fingerprint density at radius 3 is 2.71 bits per heavy atom. The Hall–Kier alpha value is -1.65. The van der Waals surface area contributed by atoms with Crippen LogP contribution in [-0.2, 0) is 0 Å². The van der Waals surface area contributed by atoms with Crippen molar-refractivity contribution in [2.24, 2.45) is 5.73 Å². The normalized spacial score (nSPS) is 12.4. The van der Waals surface area contributed by atoms with E-state index in [0.29, 0.717) is 5.82 Å². The molecule has 4 N–H and O–H groups in total. The summed E-state index contributed by atoms with van der Waals surface area (Å²) in [6, 6.07) is 0. The average molecular weight is 194 g/mol. The van der Waals surface area contributed by atoms with Crippen LogP contribution in [0, 0.1) is 0 Å². The van der Waals surface area contributed by atoms with Crippen molar-refractivity contribution in [2.75, 3.05) is 5.73 Å². The molecular formula is C9H14N4O. The van der Waals surface area contributed by atoms with Crippen LogP contribution < -0.4 is 11.5 Å². The molecule has 0 bridgehead atoms. The molecule has 0 saturated heterocycles. The standard InChI is InChI=1S/C9H14N4O/c1-3-5(2)9-12-4-6(8(11)14)7(10)13-9/h4-5H,3H2,1-2H3,(H2,11,14)(H2,10,12,13). The van der Waals surface area contributed by atoms with Crippen LogP contribution >= 0.6 is 0 Å². The van der Waals surface area contributed by atoms with E-state index in [9.17, 15) is 4.79 Å². The van der Waals surface area contributed by atoms with Crippen LogP contribution in [0.2, 0.25) is 0 Å². The Kier molecular flexibility index (Phi) is 3.01. The zero-order valence-electron chi connectivity index (χ0n) is 8.32. The number of nitrogen functional groups attached to an aromatic ring is 1. The molecule has 5 nitrogen and oxygen atoms in total. The highest BCUT2D eigenvalue weighted by Crippen LogP contribution is 2.16. The number of rotatable bonds is 3. The lowest BCUT2D eigenvalue weighted by molar-refractivity contribution is 0.100. The maximum absolute atomic E-state index is 10.8. The van der Waals surface area contributed by atoms with Gasteiger partial charge in [-0.05, 0) is 6.42 Å². The SMILES string of the molecule is CCC(C)c1ncc(C(N)=O)c(N)n1. The molecule has 0 fully saturated rings. The summed E-state index contributed by atoms with van der Waals surface area (Å²) < 4.78 is 0. The van der Waals surface area contributed by atoms with Crippen molar-refractivity contribution in [2.45, 2.75) is 26.2 Å². The topological polar surface area (TPSA) is 94.9 Å². The van der Waals surface area contributed by atoms with E-state index in [4.69, 9.17) is 11.5 Å². The molecule has 1 aromatic rings. The molecule has 0 radical (unpaired) electrons. The third-order valence-corrected chi connectivity index (χ3v) is 2.16. The summed E-state index contributed by atoms with van der Waals surface area (Å²) in [5.41, 5.74) is 10.8. The van der Waals surface area contributed by atoms with Crippen molar-refractivity contribution in [3.8, 4) is 0 Å². The van der Waals surface area contributed by atoms with E-state index in [-0.39, 0.29) is 17.3 Å². The highest BCUT2D eigenvalue weighted by molar-refractivity contribution is 5.96. The molecule has 1 unspecified atom stereocenters. The second-order valence-corrected chi connectivity index (χ2v) is 3.20. The molecule has 0 spiro atoms. The Morgan fingerprint density at radius 2 is 2.29 bits per heavy atom. The van der Waals surface area contributed by atoms with E-state index >= 15 is 0 Å². The number of nitrogens with two attached hydrogens (primary N) is 2. The monoisotopic (exact) mass is 194 g/mol. The zero-order chi connectivity index (χ0) is 10.7. The fraction of sp³-hybridized carbons (Fsp3) is 0.444. The summed E-state index contributed by atoms with van der Waals surface area (Å²) in [4.78, 5) is 18.9. The van der Waals surface area contributed by atoms with Gasteiger partial charge in [-0.15, -0.1) is 0 Å². The maximum Gasteiger partial charge on any atom is 0.254 e. The van der Waals surface area contributed by atoms with Crippen molar-refractivity contribution in [1.82, 2.24) is 9.97 Å². The number of amides is 1. The van der Waals surface area contributed by atoms with Crippen LogP contribution in [0.15, 0.2) is 6.20 Å². The Balaban J connectivity index is 3.06. The van der Waals surface area contributed by atoms with Gasteiger partial charge < -0.3 is 11.5 Å². The molecule has 1 aromatic heterocycles.